The molecule has 4 rings (SSSR count). The molecule has 1 saturated heterocycles. The van der Waals surface area contributed by atoms with Crippen LogP contribution in [0.25, 0.3) is 0 Å². The minimum absolute atomic E-state index is 0.00132. The fourth-order valence-corrected chi connectivity index (χ4v) is 4.07. The fourth-order valence-electron chi connectivity index (χ4n) is 4.07. The molecule has 1 aromatic heterocycles. The molecule has 3 heterocycles. The zero-order valence-corrected chi connectivity index (χ0v) is 17.3. The standard InChI is InChI=1S/C22H23N3O7/c26-20(17-3-1-12-32-17)18-19(15-4-6-16(7-5-15)25(29)30)24(22(28)21(18)27)9-2-8-23-10-13-31-14-11-23/h1,3-7,12,19,27H,2,8-11,13-14H2/t19-/m1/s1. The number of hydrogen-bond acceptors (Lipinski definition) is 8. The summed E-state index contributed by atoms with van der Waals surface area (Å²) in [7, 11) is 0. The predicted octanol–water partition coefficient (Wildman–Crippen LogP) is 2.49. The smallest absolute Gasteiger partial charge is 0.290 e. The summed E-state index contributed by atoms with van der Waals surface area (Å²) in [4.78, 5) is 40.2. The van der Waals surface area contributed by atoms with Gasteiger partial charge >= 0.3 is 0 Å². The fraction of sp³-hybridized carbons (Fsp3) is 0.364. The van der Waals surface area contributed by atoms with Gasteiger partial charge < -0.3 is 19.2 Å². The van der Waals surface area contributed by atoms with E-state index in [-0.39, 0.29) is 17.0 Å². The lowest BCUT2D eigenvalue weighted by Crippen LogP contribution is -2.39. The largest absolute Gasteiger partial charge is 0.503 e. The van der Waals surface area contributed by atoms with Crippen LogP contribution in [-0.2, 0) is 9.53 Å². The topological polar surface area (TPSA) is 126 Å². The first-order valence-electron chi connectivity index (χ1n) is 10.3. The number of nitro benzene ring substituents is 1. The van der Waals surface area contributed by atoms with Crippen LogP contribution in [-0.4, -0.2) is 70.9 Å². The Labute approximate surface area is 183 Å². The van der Waals surface area contributed by atoms with E-state index in [9.17, 15) is 24.8 Å². The van der Waals surface area contributed by atoms with E-state index >= 15 is 0 Å². The van der Waals surface area contributed by atoms with Crippen LogP contribution in [0.5, 0.6) is 0 Å². The van der Waals surface area contributed by atoms with E-state index in [1.165, 1.54) is 41.5 Å². The molecule has 168 valence electrons. The van der Waals surface area contributed by atoms with E-state index in [1.807, 2.05) is 0 Å². The molecular formula is C22H23N3O7. The molecule has 1 fully saturated rings. The van der Waals surface area contributed by atoms with Crippen molar-refractivity contribution in [3.05, 3.63) is 75.4 Å². The van der Waals surface area contributed by atoms with Crippen LogP contribution in [0.2, 0.25) is 0 Å². The molecule has 0 bridgehead atoms. The number of nitrogens with zero attached hydrogens (tertiary/aromatic N) is 3. The number of morpholine rings is 1. The summed E-state index contributed by atoms with van der Waals surface area (Å²) in [6.07, 6.45) is 1.97. The van der Waals surface area contributed by atoms with E-state index < -0.39 is 28.4 Å². The Bertz CT molecular complexity index is 1020. The van der Waals surface area contributed by atoms with E-state index in [0.29, 0.717) is 31.7 Å². The molecular weight excluding hydrogens is 418 g/mol. The van der Waals surface area contributed by atoms with Gasteiger partial charge in [0.1, 0.15) is 0 Å². The van der Waals surface area contributed by atoms with Gasteiger partial charge in [-0.3, -0.25) is 24.6 Å². The average Bonchev–Trinajstić information content (AvgIpc) is 3.43. The molecule has 2 aliphatic rings. The minimum atomic E-state index is -0.870. The Balaban J connectivity index is 1.61. The number of aliphatic hydroxyl groups excluding tert-OH is 1. The number of nitro groups is 1. The Morgan fingerprint density at radius 1 is 1.16 bits per heavy atom. The number of aliphatic hydroxyl groups is 1. The van der Waals surface area contributed by atoms with Gasteiger partial charge in [0.2, 0.25) is 5.78 Å². The van der Waals surface area contributed by atoms with Gasteiger partial charge in [0.15, 0.2) is 11.5 Å². The number of carbonyl (C=O) groups is 2. The molecule has 2 aliphatic heterocycles. The highest BCUT2D eigenvalue weighted by Crippen LogP contribution is 2.39. The Morgan fingerprint density at radius 2 is 1.88 bits per heavy atom. The number of carbonyl (C=O) groups excluding carboxylic acids is 2. The van der Waals surface area contributed by atoms with Gasteiger partial charge in [-0.15, -0.1) is 0 Å². The van der Waals surface area contributed by atoms with Crippen molar-refractivity contribution in [3.63, 3.8) is 0 Å². The van der Waals surface area contributed by atoms with Crippen molar-refractivity contribution < 1.29 is 28.8 Å². The second-order valence-corrected chi connectivity index (χ2v) is 7.63. The van der Waals surface area contributed by atoms with Crippen molar-refractivity contribution in [1.29, 1.82) is 0 Å². The molecule has 0 unspecified atom stereocenters. The quantitative estimate of drug-likeness (QED) is 0.376. The lowest BCUT2D eigenvalue weighted by atomic mass is 9.95. The third-order valence-corrected chi connectivity index (χ3v) is 5.69. The van der Waals surface area contributed by atoms with E-state index in [1.54, 1.807) is 6.07 Å². The van der Waals surface area contributed by atoms with Crippen LogP contribution in [0.15, 0.2) is 58.4 Å². The van der Waals surface area contributed by atoms with Crippen LogP contribution in [0, 0.1) is 10.1 Å². The summed E-state index contributed by atoms with van der Waals surface area (Å²) in [6, 6.07) is 7.76. The number of benzene rings is 1. The first-order valence-corrected chi connectivity index (χ1v) is 10.3. The van der Waals surface area contributed by atoms with E-state index in [2.05, 4.69) is 4.90 Å². The second-order valence-electron chi connectivity index (χ2n) is 7.63. The van der Waals surface area contributed by atoms with Crippen molar-refractivity contribution in [2.45, 2.75) is 12.5 Å². The Hall–Kier alpha value is -3.50. The number of Topliss-reactive ketones (excluding diaryl/α,β-unsaturated/α-hetero) is 1. The first-order chi connectivity index (χ1) is 15.5. The summed E-state index contributed by atoms with van der Waals surface area (Å²) in [5.41, 5.74) is 0.295. The van der Waals surface area contributed by atoms with Crippen molar-refractivity contribution in [1.82, 2.24) is 9.80 Å². The summed E-state index contributed by atoms with van der Waals surface area (Å²) in [6.45, 7) is 3.99. The average molecular weight is 441 g/mol. The van der Waals surface area contributed by atoms with Crippen molar-refractivity contribution in [3.8, 4) is 0 Å². The van der Waals surface area contributed by atoms with Crippen LogP contribution < -0.4 is 0 Å². The van der Waals surface area contributed by atoms with Gasteiger partial charge in [0.05, 0.1) is 36.0 Å². The number of ether oxygens (including phenoxy) is 1. The normalized spacial score (nSPS) is 19.6. The lowest BCUT2D eigenvalue weighted by molar-refractivity contribution is -0.384. The van der Waals surface area contributed by atoms with Crippen molar-refractivity contribution >= 4 is 17.4 Å². The predicted molar refractivity (Wildman–Crippen MR) is 112 cm³/mol. The van der Waals surface area contributed by atoms with Crippen molar-refractivity contribution in [2.24, 2.45) is 0 Å². The molecule has 32 heavy (non-hydrogen) atoms. The zero-order chi connectivity index (χ0) is 22.7. The molecule has 1 atom stereocenters. The number of rotatable bonds is 8. The highest BCUT2D eigenvalue weighted by molar-refractivity contribution is 6.15. The molecule has 1 N–H and O–H groups in total. The Morgan fingerprint density at radius 3 is 2.50 bits per heavy atom. The van der Waals surface area contributed by atoms with Crippen LogP contribution >= 0.6 is 0 Å². The maximum atomic E-state index is 13.1. The number of amides is 1. The van der Waals surface area contributed by atoms with Gasteiger partial charge in [0.25, 0.3) is 11.6 Å². The summed E-state index contributed by atoms with van der Waals surface area (Å²) in [5.74, 6) is -1.87. The molecule has 2 aromatic rings. The maximum absolute atomic E-state index is 13.1. The Kier molecular flexibility index (Phi) is 6.33. The van der Waals surface area contributed by atoms with Gasteiger partial charge in [-0.05, 0) is 36.2 Å². The minimum Gasteiger partial charge on any atom is -0.503 e. The van der Waals surface area contributed by atoms with E-state index in [0.717, 1.165) is 19.6 Å². The van der Waals surface area contributed by atoms with E-state index in [4.69, 9.17) is 9.15 Å². The number of furan rings is 1. The summed E-state index contributed by atoms with van der Waals surface area (Å²) < 4.78 is 10.5. The van der Waals surface area contributed by atoms with Gasteiger partial charge in [-0.1, -0.05) is 0 Å². The first kappa shape index (κ1) is 21.7. The SMILES string of the molecule is O=C(C1=C(O)C(=O)N(CCCN2CCOCC2)[C@@H]1c1ccc([N+](=O)[O-])cc1)c1ccco1. The molecule has 0 spiro atoms. The van der Waals surface area contributed by atoms with Crippen molar-refractivity contribution in [2.75, 3.05) is 39.4 Å². The van der Waals surface area contributed by atoms with Crippen LogP contribution in [0.1, 0.15) is 28.6 Å². The van der Waals surface area contributed by atoms with Crippen LogP contribution in [0.3, 0.4) is 0 Å². The highest BCUT2D eigenvalue weighted by Gasteiger charge is 2.44. The third-order valence-electron chi connectivity index (χ3n) is 5.69. The monoisotopic (exact) mass is 441 g/mol. The van der Waals surface area contributed by atoms with Crippen LogP contribution in [0.4, 0.5) is 5.69 Å². The summed E-state index contributed by atoms with van der Waals surface area (Å²) in [5, 5.41) is 21.6. The maximum Gasteiger partial charge on any atom is 0.290 e. The van der Waals surface area contributed by atoms with Gasteiger partial charge in [-0.2, -0.15) is 0 Å². The zero-order valence-electron chi connectivity index (χ0n) is 17.3. The molecule has 10 heteroatoms. The second kappa shape index (κ2) is 9.33. The molecule has 0 radical (unpaired) electrons. The molecule has 10 nitrogen and oxygen atoms in total. The summed E-state index contributed by atoms with van der Waals surface area (Å²) >= 11 is 0. The molecule has 1 aromatic carbocycles. The van der Waals surface area contributed by atoms with Gasteiger partial charge in [0, 0.05) is 38.3 Å². The number of non-ortho nitro benzene ring substituents is 1. The highest BCUT2D eigenvalue weighted by atomic mass is 16.6. The number of hydrogen-bond donors (Lipinski definition) is 1. The molecule has 0 aliphatic carbocycles. The van der Waals surface area contributed by atoms with Gasteiger partial charge in [-0.25, -0.2) is 0 Å². The number of ketones is 1. The molecule has 1 amide bonds. The molecule has 0 saturated carbocycles. The lowest BCUT2D eigenvalue weighted by Gasteiger charge is -2.29. The third kappa shape index (κ3) is 4.27.